The van der Waals surface area contributed by atoms with Gasteiger partial charge in [-0.15, -0.1) is 0 Å². The number of fused-ring (bicyclic) bond motifs is 1. The molecule has 1 amide bonds. The summed E-state index contributed by atoms with van der Waals surface area (Å²) in [5.41, 5.74) is 10.9. The molecule has 1 fully saturated rings. The fraction of sp³-hybridized carbons (Fsp3) is 0.409. The van der Waals surface area contributed by atoms with Crippen LogP contribution in [0.15, 0.2) is 42.5 Å². The lowest BCUT2D eigenvalue weighted by atomic mass is 9.89. The van der Waals surface area contributed by atoms with E-state index in [1.807, 2.05) is 11.0 Å². The van der Waals surface area contributed by atoms with E-state index >= 15 is 0 Å². The van der Waals surface area contributed by atoms with Gasteiger partial charge in [0, 0.05) is 25.4 Å². The number of nitrogens with zero attached hydrogens (tertiary/aromatic N) is 1. The highest BCUT2D eigenvalue weighted by atomic mass is 16.5. The Kier molecular flexibility index (Phi) is 4.45. The maximum atomic E-state index is 13.1. The van der Waals surface area contributed by atoms with Gasteiger partial charge in [0.25, 0.3) is 5.91 Å². The molecule has 4 nitrogen and oxygen atoms in total. The molecule has 2 aromatic rings. The summed E-state index contributed by atoms with van der Waals surface area (Å²) in [5, 5.41) is 0. The maximum Gasteiger partial charge on any atom is 0.264 e. The maximum absolute atomic E-state index is 13.1. The van der Waals surface area contributed by atoms with Crippen molar-refractivity contribution in [1.82, 2.24) is 4.90 Å². The van der Waals surface area contributed by atoms with E-state index in [0.717, 1.165) is 17.9 Å². The van der Waals surface area contributed by atoms with E-state index < -0.39 is 6.10 Å². The van der Waals surface area contributed by atoms with Crippen LogP contribution in [0.4, 0.5) is 0 Å². The van der Waals surface area contributed by atoms with E-state index in [4.69, 9.17) is 10.5 Å². The first-order valence-corrected chi connectivity index (χ1v) is 9.37. The molecule has 0 radical (unpaired) electrons. The number of hydrogen-bond donors (Lipinski definition) is 1. The Bertz CT molecular complexity index is 787. The van der Waals surface area contributed by atoms with Gasteiger partial charge in [0.2, 0.25) is 0 Å². The van der Waals surface area contributed by atoms with Crippen molar-refractivity contribution >= 4 is 5.91 Å². The second-order valence-corrected chi connectivity index (χ2v) is 7.61. The summed E-state index contributed by atoms with van der Waals surface area (Å²) in [6.07, 6.45) is 0.258. The minimum absolute atomic E-state index is 0.0911. The lowest BCUT2D eigenvalue weighted by Gasteiger charge is -2.20. The van der Waals surface area contributed by atoms with Crippen LogP contribution in [0.25, 0.3) is 0 Å². The molecule has 1 unspecified atom stereocenters. The average molecular weight is 350 g/mol. The van der Waals surface area contributed by atoms with Crippen molar-refractivity contribution < 1.29 is 9.53 Å². The van der Waals surface area contributed by atoms with Gasteiger partial charge in [-0.05, 0) is 54.6 Å². The molecule has 2 aliphatic rings. The summed E-state index contributed by atoms with van der Waals surface area (Å²) in [6.45, 7) is 6.20. The van der Waals surface area contributed by atoms with E-state index in [1.54, 1.807) is 0 Å². The van der Waals surface area contributed by atoms with Crippen LogP contribution in [-0.2, 0) is 11.2 Å². The SMILES string of the molecule is Cc1cc2c(cc1C)OC(C(=O)N1C[C@@H](CN)[C@H](c3ccccc3)C1)C2. The highest BCUT2D eigenvalue weighted by Crippen LogP contribution is 2.35. The number of carbonyl (C=O) groups excluding carboxylic acids is 1. The van der Waals surface area contributed by atoms with Gasteiger partial charge in [-0.2, -0.15) is 0 Å². The number of aryl methyl sites for hydroxylation is 2. The molecule has 0 aromatic heterocycles. The lowest BCUT2D eigenvalue weighted by molar-refractivity contribution is -0.137. The first-order chi connectivity index (χ1) is 12.6. The number of likely N-dealkylation sites (tertiary alicyclic amines) is 1. The number of hydrogen-bond acceptors (Lipinski definition) is 3. The number of ether oxygens (including phenoxy) is 1. The summed E-state index contributed by atoms with van der Waals surface area (Å²) in [5.74, 6) is 1.56. The van der Waals surface area contributed by atoms with Gasteiger partial charge in [-0.1, -0.05) is 36.4 Å². The van der Waals surface area contributed by atoms with E-state index in [2.05, 4.69) is 50.2 Å². The fourth-order valence-electron chi connectivity index (χ4n) is 4.22. The van der Waals surface area contributed by atoms with E-state index in [-0.39, 0.29) is 5.91 Å². The molecular weight excluding hydrogens is 324 g/mol. The van der Waals surface area contributed by atoms with E-state index in [0.29, 0.717) is 31.3 Å². The lowest BCUT2D eigenvalue weighted by Crippen LogP contribution is -2.40. The Morgan fingerprint density at radius 1 is 1.15 bits per heavy atom. The third-order valence-corrected chi connectivity index (χ3v) is 5.91. The van der Waals surface area contributed by atoms with Gasteiger partial charge < -0.3 is 15.4 Å². The predicted octanol–water partition coefficient (Wildman–Crippen LogP) is 2.81. The summed E-state index contributed by atoms with van der Waals surface area (Å²) >= 11 is 0. The van der Waals surface area contributed by atoms with Crippen LogP contribution >= 0.6 is 0 Å². The monoisotopic (exact) mass is 350 g/mol. The highest BCUT2D eigenvalue weighted by molar-refractivity contribution is 5.83. The van der Waals surface area contributed by atoms with Crippen molar-refractivity contribution in [3.8, 4) is 5.75 Å². The molecule has 2 aliphatic heterocycles. The Balaban J connectivity index is 1.49. The number of amides is 1. The molecule has 4 rings (SSSR count). The Morgan fingerprint density at radius 3 is 2.62 bits per heavy atom. The van der Waals surface area contributed by atoms with Crippen molar-refractivity contribution in [3.63, 3.8) is 0 Å². The molecule has 136 valence electrons. The molecule has 0 saturated carbocycles. The topological polar surface area (TPSA) is 55.6 Å². The zero-order chi connectivity index (χ0) is 18.3. The molecule has 2 aromatic carbocycles. The molecule has 0 spiro atoms. The third-order valence-electron chi connectivity index (χ3n) is 5.91. The molecule has 2 N–H and O–H groups in total. The van der Waals surface area contributed by atoms with Gasteiger partial charge in [0.15, 0.2) is 6.10 Å². The van der Waals surface area contributed by atoms with Crippen LogP contribution in [0.1, 0.15) is 28.2 Å². The van der Waals surface area contributed by atoms with Crippen molar-refractivity contribution in [3.05, 3.63) is 64.7 Å². The van der Waals surface area contributed by atoms with E-state index in [1.165, 1.54) is 16.7 Å². The van der Waals surface area contributed by atoms with Crippen LogP contribution in [0.3, 0.4) is 0 Å². The number of nitrogens with two attached hydrogens (primary N) is 1. The molecule has 2 heterocycles. The third kappa shape index (κ3) is 2.99. The summed E-state index contributed by atoms with van der Waals surface area (Å²) in [7, 11) is 0. The number of rotatable bonds is 3. The summed E-state index contributed by atoms with van der Waals surface area (Å²) in [4.78, 5) is 15.0. The van der Waals surface area contributed by atoms with E-state index in [9.17, 15) is 4.79 Å². The minimum atomic E-state index is -0.404. The first-order valence-electron chi connectivity index (χ1n) is 9.37. The van der Waals surface area contributed by atoms with Crippen LogP contribution < -0.4 is 10.5 Å². The van der Waals surface area contributed by atoms with Crippen LogP contribution in [0.2, 0.25) is 0 Å². The van der Waals surface area contributed by atoms with Gasteiger partial charge in [0.1, 0.15) is 5.75 Å². The van der Waals surface area contributed by atoms with Crippen LogP contribution in [0, 0.1) is 19.8 Å². The average Bonchev–Trinajstić information content (AvgIpc) is 3.26. The van der Waals surface area contributed by atoms with Gasteiger partial charge in [-0.25, -0.2) is 0 Å². The second-order valence-electron chi connectivity index (χ2n) is 7.61. The fourth-order valence-corrected chi connectivity index (χ4v) is 4.22. The Hall–Kier alpha value is -2.33. The van der Waals surface area contributed by atoms with Crippen LogP contribution in [0.5, 0.6) is 5.75 Å². The quantitative estimate of drug-likeness (QED) is 0.926. The van der Waals surface area contributed by atoms with Gasteiger partial charge >= 0.3 is 0 Å². The molecule has 3 atom stereocenters. The van der Waals surface area contributed by atoms with Crippen molar-refractivity contribution in [2.75, 3.05) is 19.6 Å². The first kappa shape index (κ1) is 17.1. The smallest absolute Gasteiger partial charge is 0.264 e. The van der Waals surface area contributed by atoms with Gasteiger partial charge in [0.05, 0.1) is 0 Å². The minimum Gasteiger partial charge on any atom is -0.480 e. The second kappa shape index (κ2) is 6.76. The van der Waals surface area contributed by atoms with Crippen molar-refractivity contribution in [1.29, 1.82) is 0 Å². The molecule has 0 aliphatic carbocycles. The summed E-state index contributed by atoms with van der Waals surface area (Å²) < 4.78 is 6.00. The van der Waals surface area contributed by atoms with Crippen molar-refractivity contribution in [2.45, 2.75) is 32.3 Å². The predicted molar refractivity (Wildman–Crippen MR) is 102 cm³/mol. The zero-order valence-corrected chi connectivity index (χ0v) is 15.4. The largest absolute Gasteiger partial charge is 0.480 e. The Morgan fingerprint density at radius 2 is 1.88 bits per heavy atom. The molecule has 26 heavy (non-hydrogen) atoms. The number of benzene rings is 2. The molecule has 1 saturated heterocycles. The van der Waals surface area contributed by atoms with Crippen molar-refractivity contribution in [2.24, 2.45) is 11.7 Å². The molecule has 4 heteroatoms. The zero-order valence-electron chi connectivity index (χ0n) is 15.4. The summed E-state index contributed by atoms with van der Waals surface area (Å²) in [6, 6.07) is 14.6. The van der Waals surface area contributed by atoms with Crippen LogP contribution in [-0.4, -0.2) is 36.5 Å². The van der Waals surface area contributed by atoms with Gasteiger partial charge in [-0.3, -0.25) is 4.79 Å². The molecular formula is C22H26N2O2. The number of carbonyl (C=O) groups is 1. The normalized spacial score (nSPS) is 24.4. The molecule has 0 bridgehead atoms. The standard InChI is InChI=1S/C22H26N2O2/c1-14-8-17-10-21(26-20(17)9-15(14)2)22(25)24-12-18(11-23)19(13-24)16-6-4-3-5-7-16/h3-9,18-19,21H,10-13,23H2,1-2H3/t18-,19+,21?/m1/s1. The Labute approximate surface area is 155 Å². The highest BCUT2D eigenvalue weighted by Gasteiger charge is 2.40.